The molecule has 3 heteroatoms. The van der Waals surface area contributed by atoms with Gasteiger partial charge in [0.05, 0.1) is 13.2 Å². The standard InChI is InChI=1S/C17H18O3/c1-12-5-2-3-6-14(12)17(18)13-7-8-15-16(11-13)20-10-4-9-19-15/h2-3,5-8,11,17-18H,4,9-10H2,1H3. The molecule has 1 atom stereocenters. The Kier molecular flexibility index (Phi) is 3.61. The first kappa shape index (κ1) is 13.0. The average molecular weight is 270 g/mol. The van der Waals surface area contributed by atoms with Gasteiger partial charge in [-0.15, -0.1) is 0 Å². The molecule has 1 aliphatic heterocycles. The number of hydrogen-bond donors (Lipinski definition) is 1. The van der Waals surface area contributed by atoms with Crippen LogP contribution in [0.2, 0.25) is 0 Å². The molecule has 1 aliphatic rings. The van der Waals surface area contributed by atoms with E-state index in [9.17, 15) is 5.11 Å². The van der Waals surface area contributed by atoms with Gasteiger partial charge in [-0.05, 0) is 35.7 Å². The first-order valence-electron chi connectivity index (χ1n) is 6.89. The minimum Gasteiger partial charge on any atom is -0.490 e. The quantitative estimate of drug-likeness (QED) is 0.910. The summed E-state index contributed by atoms with van der Waals surface area (Å²) >= 11 is 0. The summed E-state index contributed by atoms with van der Waals surface area (Å²) in [6, 6.07) is 13.5. The Morgan fingerprint density at radius 1 is 1.00 bits per heavy atom. The molecule has 0 bridgehead atoms. The Labute approximate surface area is 118 Å². The monoisotopic (exact) mass is 270 g/mol. The highest BCUT2D eigenvalue weighted by molar-refractivity contribution is 5.46. The first-order chi connectivity index (χ1) is 9.75. The Balaban J connectivity index is 1.94. The highest BCUT2D eigenvalue weighted by Gasteiger charge is 2.16. The van der Waals surface area contributed by atoms with Crippen LogP contribution < -0.4 is 9.47 Å². The van der Waals surface area contributed by atoms with Gasteiger partial charge >= 0.3 is 0 Å². The summed E-state index contributed by atoms with van der Waals surface area (Å²) in [4.78, 5) is 0. The minimum atomic E-state index is -0.645. The van der Waals surface area contributed by atoms with E-state index >= 15 is 0 Å². The van der Waals surface area contributed by atoms with Gasteiger partial charge in [-0.2, -0.15) is 0 Å². The van der Waals surface area contributed by atoms with Crippen molar-refractivity contribution in [1.29, 1.82) is 0 Å². The van der Waals surface area contributed by atoms with Crippen LogP contribution in [0.4, 0.5) is 0 Å². The Morgan fingerprint density at radius 3 is 2.55 bits per heavy atom. The topological polar surface area (TPSA) is 38.7 Å². The molecular formula is C17H18O3. The third kappa shape index (κ3) is 2.49. The highest BCUT2D eigenvalue weighted by atomic mass is 16.5. The van der Waals surface area contributed by atoms with Gasteiger partial charge in [0.25, 0.3) is 0 Å². The van der Waals surface area contributed by atoms with Crippen LogP contribution in [0, 0.1) is 6.92 Å². The van der Waals surface area contributed by atoms with E-state index in [4.69, 9.17) is 9.47 Å². The van der Waals surface area contributed by atoms with E-state index in [0.29, 0.717) is 19.0 Å². The molecular weight excluding hydrogens is 252 g/mol. The van der Waals surface area contributed by atoms with E-state index in [1.54, 1.807) is 0 Å². The average Bonchev–Trinajstić information content (AvgIpc) is 2.71. The summed E-state index contributed by atoms with van der Waals surface area (Å²) in [5, 5.41) is 10.5. The van der Waals surface area contributed by atoms with E-state index in [1.165, 1.54) is 0 Å². The van der Waals surface area contributed by atoms with E-state index < -0.39 is 6.10 Å². The number of aliphatic hydroxyl groups is 1. The Bertz CT molecular complexity index is 607. The summed E-state index contributed by atoms with van der Waals surface area (Å²) in [5.74, 6) is 1.47. The van der Waals surface area contributed by atoms with Crippen molar-refractivity contribution >= 4 is 0 Å². The second-order valence-electron chi connectivity index (χ2n) is 5.02. The number of aliphatic hydroxyl groups excluding tert-OH is 1. The lowest BCUT2D eigenvalue weighted by Gasteiger charge is -2.16. The normalized spacial score (nSPS) is 15.5. The molecule has 0 fully saturated rings. The van der Waals surface area contributed by atoms with Crippen molar-refractivity contribution in [3.63, 3.8) is 0 Å². The van der Waals surface area contributed by atoms with E-state index in [1.807, 2.05) is 49.4 Å². The first-order valence-corrected chi connectivity index (χ1v) is 6.89. The second-order valence-corrected chi connectivity index (χ2v) is 5.02. The number of fused-ring (bicyclic) bond motifs is 1. The van der Waals surface area contributed by atoms with Crippen LogP contribution in [0.1, 0.15) is 29.2 Å². The van der Waals surface area contributed by atoms with Gasteiger partial charge in [-0.1, -0.05) is 30.3 Å². The zero-order valence-corrected chi connectivity index (χ0v) is 11.5. The van der Waals surface area contributed by atoms with Crippen LogP contribution in [0.25, 0.3) is 0 Å². The van der Waals surface area contributed by atoms with Crippen molar-refractivity contribution < 1.29 is 14.6 Å². The molecule has 0 spiro atoms. The molecule has 1 unspecified atom stereocenters. The van der Waals surface area contributed by atoms with Crippen molar-refractivity contribution in [2.45, 2.75) is 19.4 Å². The SMILES string of the molecule is Cc1ccccc1C(O)c1ccc2c(c1)OCCCO2. The van der Waals surface area contributed by atoms with Crippen LogP contribution in [-0.2, 0) is 0 Å². The Hall–Kier alpha value is -2.00. The predicted molar refractivity (Wildman–Crippen MR) is 77.3 cm³/mol. The van der Waals surface area contributed by atoms with Gasteiger partial charge in [-0.25, -0.2) is 0 Å². The van der Waals surface area contributed by atoms with E-state index in [0.717, 1.165) is 28.9 Å². The van der Waals surface area contributed by atoms with Crippen LogP contribution in [-0.4, -0.2) is 18.3 Å². The summed E-state index contributed by atoms with van der Waals surface area (Å²) in [5.41, 5.74) is 2.82. The molecule has 0 aromatic heterocycles. The number of ether oxygens (including phenoxy) is 2. The molecule has 20 heavy (non-hydrogen) atoms. The number of rotatable bonds is 2. The molecule has 3 rings (SSSR count). The van der Waals surface area contributed by atoms with Gasteiger partial charge in [0, 0.05) is 6.42 Å². The fourth-order valence-corrected chi connectivity index (χ4v) is 2.42. The van der Waals surface area contributed by atoms with Gasteiger partial charge in [0.15, 0.2) is 11.5 Å². The largest absolute Gasteiger partial charge is 0.490 e. The smallest absolute Gasteiger partial charge is 0.161 e. The molecule has 104 valence electrons. The molecule has 2 aromatic carbocycles. The maximum atomic E-state index is 10.5. The molecule has 2 aromatic rings. The highest BCUT2D eigenvalue weighted by Crippen LogP contribution is 2.34. The maximum Gasteiger partial charge on any atom is 0.161 e. The lowest BCUT2D eigenvalue weighted by Crippen LogP contribution is -2.02. The fourth-order valence-electron chi connectivity index (χ4n) is 2.42. The summed E-state index contributed by atoms with van der Waals surface area (Å²) in [6.07, 6.45) is 0.234. The van der Waals surface area contributed by atoms with Crippen LogP contribution in [0.3, 0.4) is 0 Å². The van der Waals surface area contributed by atoms with E-state index in [-0.39, 0.29) is 0 Å². The van der Waals surface area contributed by atoms with Crippen molar-refractivity contribution in [1.82, 2.24) is 0 Å². The molecule has 0 saturated carbocycles. The van der Waals surface area contributed by atoms with Gasteiger partial charge in [0.1, 0.15) is 6.10 Å². The molecule has 0 saturated heterocycles. The summed E-state index contributed by atoms with van der Waals surface area (Å²) < 4.78 is 11.3. The van der Waals surface area contributed by atoms with E-state index in [2.05, 4.69) is 0 Å². The number of benzene rings is 2. The summed E-state index contributed by atoms with van der Waals surface area (Å²) in [7, 11) is 0. The molecule has 0 radical (unpaired) electrons. The third-order valence-corrected chi connectivity index (χ3v) is 3.57. The third-order valence-electron chi connectivity index (χ3n) is 3.57. The minimum absolute atomic E-state index is 0.645. The van der Waals surface area contributed by atoms with Crippen molar-refractivity contribution in [3.05, 3.63) is 59.2 Å². The summed E-state index contributed by atoms with van der Waals surface area (Å²) in [6.45, 7) is 3.32. The van der Waals surface area contributed by atoms with Crippen LogP contribution >= 0.6 is 0 Å². The molecule has 0 amide bonds. The number of hydrogen-bond acceptors (Lipinski definition) is 3. The maximum absolute atomic E-state index is 10.5. The van der Waals surface area contributed by atoms with Gasteiger partial charge < -0.3 is 14.6 Å². The van der Waals surface area contributed by atoms with Crippen LogP contribution in [0.5, 0.6) is 11.5 Å². The molecule has 0 aliphatic carbocycles. The lowest BCUT2D eigenvalue weighted by atomic mass is 9.97. The zero-order valence-electron chi connectivity index (χ0n) is 11.5. The number of aryl methyl sites for hydroxylation is 1. The van der Waals surface area contributed by atoms with Gasteiger partial charge in [-0.3, -0.25) is 0 Å². The molecule has 1 N–H and O–H groups in total. The van der Waals surface area contributed by atoms with Crippen LogP contribution in [0.15, 0.2) is 42.5 Å². The predicted octanol–water partition coefficient (Wildman–Crippen LogP) is 3.24. The zero-order chi connectivity index (χ0) is 13.9. The fraction of sp³-hybridized carbons (Fsp3) is 0.294. The Morgan fingerprint density at radius 2 is 1.75 bits per heavy atom. The molecule has 3 nitrogen and oxygen atoms in total. The van der Waals surface area contributed by atoms with Crippen molar-refractivity contribution in [2.24, 2.45) is 0 Å². The molecule has 1 heterocycles. The van der Waals surface area contributed by atoms with Crippen molar-refractivity contribution in [3.8, 4) is 11.5 Å². The second kappa shape index (κ2) is 5.55. The lowest BCUT2D eigenvalue weighted by molar-refractivity contribution is 0.218. The van der Waals surface area contributed by atoms with Crippen molar-refractivity contribution in [2.75, 3.05) is 13.2 Å². The van der Waals surface area contributed by atoms with Gasteiger partial charge in [0.2, 0.25) is 0 Å².